The van der Waals surface area contributed by atoms with Crippen molar-refractivity contribution in [3.63, 3.8) is 0 Å². The second kappa shape index (κ2) is 4.40. The van der Waals surface area contributed by atoms with E-state index in [9.17, 15) is 4.79 Å². The van der Waals surface area contributed by atoms with E-state index in [0.29, 0.717) is 6.42 Å². The monoisotopic (exact) mass is 230 g/mol. The zero-order valence-electron chi connectivity index (χ0n) is 6.96. The van der Waals surface area contributed by atoms with Gasteiger partial charge < -0.3 is 4.79 Å². The number of hydrogen-bond donors (Lipinski definition) is 0. The van der Waals surface area contributed by atoms with Gasteiger partial charge in [0, 0.05) is 13.0 Å². The maximum atomic E-state index is 10.3. The second-order valence-corrected chi connectivity index (χ2v) is 3.39. The first kappa shape index (κ1) is 9.45. The number of aldehydes is 1. The van der Waals surface area contributed by atoms with Gasteiger partial charge in [0.2, 0.25) is 0 Å². The highest BCUT2D eigenvalue weighted by Crippen LogP contribution is 2.15. The molecule has 0 aliphatic rings. The average Bonchev–Trinajstić information content (AvgIpc) is 2.37. The molecule has 3 nitrogen and oxygen atoms in total. The fourth-order valence-electron chi connectivity index (χ4n) is 1.07. The van der Waals surface area contributed by atoms with Crippen molar-refractivity contribution in [3.8, 4) is 0 Å². The Hall–Kier alpha value is -0.640. The van der Waals surface area contributed by atoms with E-state index in [2.05, 4.69) is 28.0 Å². The topological polar surface area (TPSA) is 34.9 Å². The van der Waals surface area contributed by atoms with Gasteiger partial charge in [-0.2, -0.15) is 5.10 Å². The minimum Gasteiger partial charge on any atom is -0.303 e. The molecule has 0 bridgehead atoms. The number of hydrogen-bond acceptors (Lipinski definition) is 2. The van der Waals surface area contributed by atoms with Gasteiger partial charge in [-0.3, -0.25) is 4.68 Å². The third-order valence-corrected chi connectivity index (χ3v) is 2.27. The molecule has 0 fully saturated rings. The molecular formula is C8H11BrN2O. The highest BCUT2D eigenvalue weighted by atomic mass is 79.9. The molecule has 66 valence electrons. The molecule has 0 atom stereocenters. The van der Waals surface area contributed by atoms with Gasteiger partial charge in [0.1, 0.15) is 6.29 Å². The maximum Gasteiger partial charge on any atom is 0.125 e. The Morgan fingerprint density at radius 2 is 2.50 bits per heavy atom. The summed E-state index contributed by atoms with van der Waals surface area (Å²) in [6, 6.07) is 0. The fourth-order valence-corrected chi connectivity index (χ4v) is 1.53. The summed E-state index contributed by atoms with van der Waals surface area (Å²) in [6.45, 7) is 2.95. The Morgan fingerprint density at radius 1 is 1.75 bits per heavy atom. The lowest BCUT2D eigenvalue weighted by Gasteiger charge is -2.02. The molecule has 0 saturated heterocycles. The van der Waals surface area contributed by atoms with E-state index in [0.717, 1.165) is 29.4 Å². The zero-order chi connectivity index (χ0) is 8.97. The summed E-state index contributed by atoms with van der Waals surface area (Å²) >= 11 is 3.35. The molecule has 4 heteroatoms. The van der Waals surface area contributed by atoms with Crippen molar-refractivity contribution in [1.82, 2.24) is 9.78 Å². The van der Waals surface area contributed by atoms with Gasteiger partial charge in [0.25, 0.3) is 0 Å². The number of carbonyl (C=O) groups is 1. The molecule has 0 amide bonds. The summed E-state index contributed by atoms with van der Waals surface area (Å²) in [7, 11) is 0. The van der Waals surface area contributed by atoms with Crippen molar-refractivity contribution in [3.05, 3.63) is 16.4 Å². The Kier molecular flexibility index (Phi) is 3.47. The predicted molar refractivity (Wildman–Crippen MR) is 50.0 cm³/mol. The van der Waals surface area contributed by atoms with Gasteiger partial charge in [-0.05, 0) is 22.4 Å². The van der Waals surface area contributed by atoms with E-state index in [4.69, 9.17) is 0 Å². The van der Waals surface area contributed by atoms with Crippen LogP contribution in [0.2, 0.25) is 0 Å². The zero-order valence-corrected chi connectivity index (χ0v) is 8.54. The van der Waals surface area contributed by atoms with Gasteiger partial charge in [0.05, 0.1) is 16.4 Å². The van der Waals surface area contributed by atoms with E-state index in [-0.39, 0.29) is 0 Å². The van der Waals surface area contributed by atoms with Crippen LogP contribution in [0.5, 0.6) is 0 Å². The van der Waals surface area contributed by atoms with Gasteiger partial charge in [0.15, 0.2) is 0 Å². The lowest BCUT2D eigenvalue weighted by Crippen LogP contribution is -2.04. The van der Waals surface area contributed by atoms with Gasteiger partial charge in [-0.25, -0.2) is 0 Å². The Bertz CT molecular complexity index is 270. The predicted octanol–water partition coefficient (Wildman–Crippen LogP) is 1.80. The third kappa shape index (κ3) is 1.94. The quantitative estimate of drug-likeness (QED) is 0.740. The fraction of sp³-hybridized carbons (Fsp3) is 0.500. The van der Waals surface area contributed by atoms with E-state index in [1.807, 2.05) is 4.68 Å². The van der Waals surface area contributed by atoms with Crippen LogP contribution in [0.15, 0.2) is 10.7 Å². The molecule has 0 radical (unpaired) electrons. The summed E-state index contributed by atoms with van der Waals surface area (Å²) in [5.74, 6) is 0. The first-order chi connectivity index (χ1) is 5.79. The van der Waals surface area contributed by atoms with Crippen LogP contribution in [-0.4, -0.2) is 16.1 Å². The van der Waals surface area contributed by atoms with Crippen molar-refractivity contribution < 1.29 is 4.79 Å². The average molecular weight is 231 g/mol. The van der Waals surface area contributed by atoms with Crippen LogP contribution in [0.1, 0.15) is 19.0 Å². The molecule has 1 heterocycles. The molecule has 0 unspecified atom stereocenters. The van der Waals surface area contributed by atoms with Gasteiger partial charge in [-0.1, -0.05) is 6.92 Å². The molecule has 0 N–H and O–H groups in total. The van der Waals surface area contributed by atoms with E-state index >= 15 is 0 Å². The van der Waals surface area contributed by atoms with E-state index in [1.165, 1.54) is 0 Å². The Morgan fingerprint density at radius 3 is 3.08 bits per heavy atom. The molecular weight excluding hydrogens is 220 g/mol. The molecule has 12 heavy (non-hydrogen) atoms. The van der Waals surface area contributed by atoms with Gasteiger partial charge in [-0.15, -0.1) is 0 Å². The lowest BCUT2D eigenvalue weighted by molar-refractivity contribution is -0.107. The van der Waals surface area contributed by atoms with Crippen LogP contribution in [-0.2, 0) is 17.8 Å². The minimum absolute atomic E-state index is 0.431. The summed E-state index contributed by atoms with van der Waals surface area (Å²) in [5.41, 5.74) is 0.965. The number of halogens is 1. The van der Waals surface area contributed by atoms with E-state index in [1.54, 1.807) is 6.20 Å². The molecule has 0 aliphatic heterocycles. The number of aryl methyl sites for hydroxylation is 1. The Labute approximate surface area is 79.9 Å². The normalized spacial score (nSPS) is 10.2. The lowest BCUT2D eigenvalue weighted by atomic mass is 10.3. The van der Waals surface area contributed by atoms with Crippen LogP contribution in [0.4, 0.5) is 0 Å². The van der Waals surface area contributed by atoms with Crippen molar-refractivity contribution >= 4 is 22.2 Å². The van der Waals surface area contributed by atoms with Crippen LogP contribution < -0.4 is 0 Å². The first-order valence-electron chi connectivity index (χ1n) is 3.93. The molecule has 0 aromatic carbocycles. The smallest absolute Gasteiger partial charge is 0.125 e. The van der Waals surface area contributed by atoms with Crippen molar-refractivity contribution in [1.29, 1.82) is 0 Å². The molecule has 1 rings (SSSR count). The number of carbonyl (C=O) groups excluding carboxylic acids is 1. The van der Waals surface area contributed by atoms with Gasteiger partial charge >= 0.3 is 0 Å². The highest BCUT2D eigenvalue weighted by Gasteiger charge is 2.06. The largest absolute Gasteiger partial charge is 0.303 e. The summed E-state index contributed by atoms with van der Waals surface area (Å²) < 4.78 is 2.78. The van der Waals surface area contributed by atoms with Crippen LogP contribution >= 0.6 is 15.9 Å². The third-order valence-electron chi connectivity index (χ3n) is 1.61. The van der Waals surface area contributed by atoms with Crippen LogP contribution in [0.25, 0.3) is 0 Å². The van der Waals surface area contributed by atoms with Crippen molar-refractivity contribution in [2.24, 2.45) is 0 Å². The number of rotatable bonds is 4. The standard InChI is InChI=1S/C8H11BrN2O/c1-2-4-11-8(3-5-12)7(9)6-10-11/h5-6H,2-4H2,1H3. The van der Waals surface area contributed by atoms with Crippen LogP contribution in [0.3, 0.4) is 0 Å². The Balaban J connectivity index is 2.86. The molecule has 1 aromatic rings. The summed E-state index contributed by atoms with van der Waals surface area (Å²) in [5, 5.41) is 4.13. The number of aromatic nitrogens is 2. The van der Waals surface area contributed by atoms with E-state index < -0.39 is 0 Å². The maximum absolute atomic E-state index is 10.3. The first-order valence-corrected chi connectivity index (χ1v) is 4.72. The van der Waals surface area contributed by atoms with Crippen molar-refractivity contribution in [2.45, 2.75) is 26.3 Å². The molecule has 0 aliphatic carbocycles. The SMILES string of the molecule is CCCn1ncc(Br)c1CC=O. The minimum atomic E-state index is 0.431. The summed E-state index contributed by atoms with van der Waals surface area (Å²) in [4.78, 5) is 10.3. The highest BCUT2D eigenvalue weighted by molar-refractivity contribution is 9.10. The number of nitrogens with zero attached hydrogens (tertiary/aromatic N) is 2. The molecule has 0 saturated carbocycles. The molecule has 1 aromatic heterocycles. The van der Waals surface area contributed by atoms with Crippen molar-refractivity contribution in [2.75, 3.05) is 0 Å². The second-order valence-electron chi connectivity index (χ2n) is 2.53. The molecule has 0 spiro atoms. The van der Waals surface area contributed by atoms with Crippen LogP contribution in [0, 0.1) is 0 Å². The summed E-state index contributed by atoms with van der Waals surface area (Å²) in [6.07, 6.45) is 4.09.